The Morgan fingerprint density at radius 2 is 1.67 bits per heavy atom. The van der Waals surface area contributed by atoms with E-state index in [1.54, 1.807) is 11.8 Å². The summed E-state index contributed by atoms with van der Waals surface area (Å²) in [6.45, 7) is 2.12. The monoisotopic (exact) mass is 253 g/mol. The Morgan fingerprint density at radius 1 is 0.944 bits per heavy atom. The lowest BCUT2D eigenvalue weighted by molar-refractivity contribution is 1.24. The molecule has 0 spiro atoms. The van der Waals surface area contributed by atoms with E-state index < -0.39 is 0 Å². The van der Waals surface area contributed by atoms with Gasteiger partial charge in [0.15, 0.2) is 0 Å². The van der Waals surface area contributed by atoms with Crippen molar-refractivity contribution >= 4 is 22.7 Å². The van der Waals surface area contributed by atoms with E-state index in [0.29, 0.717) is 0 Å². The maximum absolute atomic E-state index is 3.49. The van der Waals surface area contributed by atoms with E-state index in [1.807, 2.05) is 0 Å². The minimum atomic E-state index is 1.21. The van der Waals surface area contributed by atoms with Crippen molar-refractivity contribution in [3.63, 3.8) is 0 Å². The summed E-state index contributed by atoms with van der Waals surface area (Å²) >= 11 is 1.76. The van der Waals surface area contributed by atoms with Gasteiger partial charge >= 0.3 is 0 Å². The summed E-state index contributed by atoms with van der Waals surface area (Å²) < 4.78 is 0. The number of thioether (sulfide) groups is 1. The van der Waals surface area contributed by atoms with Crippen molar-refractivity contribution in [2.75, 3.05) is 6.26 Å². The molecule has 1 N–H and O–H groups in total. The third-order valence-corrected chi connectivity index (χ3v) is 3.93. The van der Waals surface area contributed by atoms with Crippen LogP contribution in [-0.2, 0) is 0 Å². The van der Waals surface area contributed by atoms with Crippen molar-refractivity contribution in [2.45, 2.75) is 11.9 Å². The van der Waals surface area contributed by atoms with E-state index in [2.05, 4.69) is 66.7 Å². The SMILES string of the molecule is CSc1[nH]c2ccccc2c1-c1ccc(C)cc1. The summed E-state index contributed by atoms with van der Waals surface area (Å²) in [6, 6.07) is 17.2. The molecule has 0 fully saturated rings. The Balaban J connectivity index is 2.29. The molecule has 0 radical (unpaired) electrons. The lowest BCUT2D eigenvalue weighted by Crippen LogP contribution is -1.79. The Hall–Kier alpha value is -1.67. The van der Waals surface area contributed by atoms with Crippen molar-refractivity contribution in [3.8, 4) is 11.1 Å². The van der Waals surface area contributed by atoms with Gasteiger partial charge in [-0.1, -0.05) is 48.0 Å². The highest BCUT2D eigenvalue weighted by atomic mass is 32.2. The topological polar surface area (TPSA) is 15.8 Å². The Kier molecular flexibility index (Phi) is 2.88. The average Bonchev–Trinajstić information content (AvgIpc) is 2.78. The van der Waals surface area contributed by atoms with Crippen molar-refractivity contribution in [1.82, 2.24) is 4.98 Å². The van der Waals surface area contributed by atoms with Crippen molar-refractivity contribution < 1.29 is 0 Å². The van der Waals surface area contributed by atoms with Crippen LogP contribution in [0, 0.1) is 6.92 Å². The molecule has 0 unspecified atom stereocenters. The van der Waals surface area contributed by atoms with E-state index in [4.69, 9.17) is 0 Å². The standard InChI is InChI=1S/C16H15NS/c1-11-7-9-12(10-8-11)15-13-5-3-4-6-14(13)17-16(15)18-2/h3-10,17H,1-2H3. The first-order valence-corrected chi connectivity index (χ1v) is 7.24. The quantitative estimate of drug-likeness (QED) is 0.644. The largest absolute Gasteiger partial charge is 0.349 e. The zero-order chi connectivity index (χ0) is 12.5. The molecule has 1 heterocycles. The first kappa shape index (κ1) is 11.4. The van der Waals surface area contributed by atoms with Crippen LogP contribution < -0.4 is 0 Å². The van der Waals surface area contributed by atoms with E-state index in [0.717, 1.165) is 0 Å². The zero-order valence-electron chi connectivity index (χ0n) is 10.5. The second-order valence-corrected chi connectivity index (χ2v) is 5.26. The number of aromatic nitrogens is 1. The first-order valence-electron chi connectivity index (χ1n) is 6.01. The second kappa shape index (κ2) is 4.54. The van der Waals surface area contributed by atoms with Gasteiger partial charge in [-0.15, -0.1) is 11.8 Å². The maximum Gasteiger partial charge on any atom is 0.0809 e. The average molecular weight is 253 g/mol. The van der Waals surface area contributed by atoms with Gasteiger partial charge in [0.2, 0.25) is 0 Å². The molecule has 90 valence electrons. The normalized spacial score (nSPS) is 11.0. The van der Waals surface area contributed by atoms with Crippen LogP contribution in [0.25, 0.3) is 22.0 Å². The summed E-state index contributed by atoms with van der Waals surface area (Å²) in [6.07, 6.45) is 2.11. The van der Waals surface area contributed by atoms with Crippen LogP contribution in [0.1, 0.15) is 5.56 Å². The molecule has 0 saturated heterocycles. The molecular weight excluding hydrogens is 238 g/mol. The van der Waals surface area contributed by atoms with Crippen LogP contribution >= 0.6 is 11.8 Å². The number of aromatic amines is 1. The maximum atomic E-state index is 3.49. The van der Waals surface area contributed by atoms with Crippen LogP contribution in [-0.4, -0.2) is 11.2 Å². The summed E-state index contributed by atoms with van der Waals surface area (Å²) in [5, 5.41) is 2.53. The van der Waals surface area contributed by atoms with Crippen LogP contribution in [0.4, 0.5) is 0 Å². The molecule has 3 rings (SSSR count). The second-order valence-electron chi connectivity index (χ2n) is 4.44. The highest BCUT2D eigenvalue weighted by molar-refractivity contribution is 7.98. The molecular formula is C16H15NS. The van der Waals surface area contributed by atoms with E-state index >= 15 is 0 Å². The van der Waals surface area contributed by atoms with Gasteiger partial charge in [-0.25, -0.2) is 0 Å². The number of hydrogen-bond acceptors (Lipinski definition) is 1. The third kappa shape index (κ3) is 1.83. The predicted octanol–water partition coefficient (Wildman–Crippen LogP) is 4.87. The van der Waals surface area contributed by atoms with Gasteiger partial charge in [-0.2, -0.15) is 0 Å². The minimum Gasteiger partial charge on any atom is -0.349 e. The molecule has 18 heavy (non-hydrogen) atoms. The van der Waals surface area contributed by atoms with Crippen LogP contribution in [0.2, 0.25) is 0 Å². The predicted molar refractivity (Wildman–Crippen MR) is 80.3 cm³/mol. The molecule has 1 aromatic heterocycles. The first-order chi connectivity index (χ1) is 8.79. The van der Waals surface area contributed by atoms with E-state index in [-0.39, 0.29) is 0 Å². The van der Waals surface area contributed by atoms with Crippen molar-refractivity contribution in [2.24, 2.45) is 0 Å². The number of fused-ring (bicyclic) bond motifs is 1. The molecule has 0 aliphatic rings. The molecule has 0 bridgehead atoms. The summed E-state index contributed by atoms with van der Waals surface area (Å²) in [7, 11) is 0. The third-order valence-electron chi connectivity index (χ3n) is 3.22. The zero-order valence-corrected chi connectivity index (χ0v) is 11.3. The fraction of sp³-hybridized carbons (Fsp3) is 0.125. The molecule has 0 saturated carbocycles. The van der Waals surface area contributed by atoms with Crippen molar-refractivity contribution in [1.29, 1.82) is 0 Å². The molecule has 2 aromatic carbocycles. The number of aryl methyl sites for hydroxylation is 1. The number of nitrogens with one attached hydrogen (secondary N) is 1. The van der Waals surface area contributed by atoms with Gasteiger partial charge in [-0.3, -0.25) is 0 Å². The smallest absolute Gasteiger partial charge is 0.0809 e. The number of para-hydroxylation sites is 1. The van der Waals surface area contributed by atoms with E-state index in [9.17, 15) is 0 Å². The van der Waals surface area contributed by atoms with Gasteiger partial charge in [0.25, 0.3) is 0 Å². The fourth-order valence-electron chi connectivity index (χ4n) is 2.28. The molecule has 0 amide bonds. The van der Waals surface area contributed by atoms with Gasteiger partial charge in [0, 0.05) is 16.5 Å². The van der Waals surface area contributed by atoms with Crippen LogP contribution in [0.15, 0.2) is 53.6 Å². The highest BCUT2D eigenvalue weighted by Gasteiger charge is 2.11. The van der Waals surface area contributed by atoms with Gasteiger partial charge in [0.05, 0.1) is 5.03 Å². The Labute approximate surface area is 111 Å². The van der Waals surface area contributed by atoms with Crippen LogP contribution in [0.5, 0.6) is 0 Å². The Bertz CT molecular complexity index is 680. The summed E-state index contributed by atoms with van der Waals surface area (Å²) in [4.78, 5) is 3.49. The number of hydrogen-bond donors (Lipinski definition) is 1. The number of benzene rings is 2. The van der Waals surface area contributed by atoms with E-state index in [1.165, 1.54) is 32.6 Å². The molecule has 0 atom stereocenters. The molecule has 0 aliphatic carbocycles. The molecule has 1 nitrogen and oxygen atoms in total. The molecule has 0 aliphatic heterocycles. The molecule has 2 heteroatoms. The summed E-state index contributed by atoms with van der Waals surface area (Å²) in [5.41, 5.74) is 5.10. The van der Waals surface area contributed by atoms with Crippen molar-refractivity contribution in [3.05, 3.63) is 54.1 Å². The number of rotatable bonds is 2. The fourth-order valence-corrected chi connectivity index (χ4v) is 2.92. The van der Waals surface area contributed by atoms with Gasteiger partial charge in [-0.05, 0) is 24.8 Å². The Morgan fingerprint density at radius 3 is 2.39 bits per heavy atom. The minimum absolute atomic E-state index is 1.21. The summed E-state index contributed by atoms with van der Waals surface area (Å²) in [5.74, 6) is 0. The van der Waals surface area contributed by atoms with Gasteiger partial charge < -0.3 is 4.98 Å². The molecule has 3 aromatic rings. The highest BCUT2D eigenvalue weighted by Crippen LogP contribution is 2.36. The van der Waals surface area contributed by atoms with Gasteiger partial charge in [0.1, 0.15) is 0 Å². The lowest BCUT2D eigenvalue weighted by Gasteiger charge is -2.03. The van der Waals surface area contributed by atoms with Crippen LogP contribution in [0.3, 0.4) is 0 Å². The lowest BCUT2D eigenvalue weighted by atomic mass is 10.0. The number of H-pyrrole nitrogens is 1.